The second-order valence-corrected chi connectivity index (χ2v) is 5.55. The summed E-state index contributed by atoms with van der Waals surface area (Å²) < 4.78 is 13.5. The van der Waals surface area contributed by atoms with Crippen LogP contribution in [0.1, 0.15) is 43.7 Å². The van der Waals surface area contributed by atoms with Crippen molar-refractivity contribution in [3.05, 3.63) is 35.1 Å². The Hall–Kier alpha value is -0.930. The largest absolute Gasteiger partial charge is 0.393 e. The van der Waals surface area contributed by atoms with E-state index in [0.29, 0.717) is 5.92 Å². The lowest BCUT2D eigenvalue weighted by molar-refractivity contribution is 0.0792. The van der Waals surface area contributed by atoms with E-state index in [2.05, 4.69) is 24.8 Å². The van der Waals surface area contributed by atoms with Crippen LogP contribution in [0.2, 0.25) is 0 Å². The quantitative estimate of drug-likeness (QED) is 0.893. The molecule has 0 spiro atoms. The maximum atomic E-state index is 13.5. The molecule has 1 aliphatic heterocycles. The molecule has 1 saturated heterocycles. The van der Waals surface area contributed by atoms with Crippen molar-refractivity contribution in [2.75, 3.05) is 13.1 Å². The molecule has 1 aromatic carbocycles. The number of halogens is 1. The maximum Gasteiger partial charge on any atom is 0.123 e. The summed E-state index contributed by atoms with van der Waals surface area (Å²) in [7, 11) is 0. The fourth-order valence-corrected chi connectivity index (χ4v) is 2.44. The van der Waals surface area contributed by atoms with Gasteiger partial charge in [0.25, 0.3) is 0 Å². The fraction of sp³-hybridized carbons (Fsp3) is 0.600. The van der Waals surface area contributed by atoms with Crippen molar-refractivity contribution in [3.8, 4) is 0 Å². The zero-order valence-electron chi connectivity index (χ0n) is 11.2. The van der Waals surface area contributed by atoms with Gasteiger partial charge in [0, 0.05) is 19.6 Å². The monoisotopic (exact) mass is 251 g/mol. The molecule has 0 bridgehead atoms. The predicted octanol–water partition coefficient (Wildman–Crippen LogP) is 2.91. The van der Waals surface area contributed by atoms with E-state index in [0.717, 1.165) is 43.6 Å². The van der Waals surface area contributed by atoms with Gasteiger partial charge in [0.15, 0.2) is 0 Å². The molecule has 0 radical (unpaired) electrons. The SMILES string of the molecule is CC(C)c1cc(F)cc(CN2CCC(O)CC2)c1. The van der Waals surface area contributed by atoms with Gasteiger partial charge in [-0.2, -0.15) is 0 Å². The number of piperidine rings is 1. The minimum absolute atomic E-state index is 0.145. The molecule has 0 unspecified atom stereocenters. The average molecular weight is 251 g/mol. The minimum atomic E-state index is -0.153. The Labute approximate surface area is 108 Å². The second kappa shape index (κ2) is 5.81. The molecule has 1 N–H and O–H groups in total. The molecule has 0 aromatic heterocycles. The highest BCUT2D eigenvalue weighted by Crippen LogP contribution is 2.20. The van der Waals surface area contributed by atoms with Crippen molar-refractivity contribution in [1.82, 2.24) is 4.90 Å². The molecule has 1 aromatic rings. The number of rotatable bonds is 3. The van der Waals surface area contributed by atoms with Gasteiger partial charge in [0.1, 0.15) is 5.82 Å². The van der Waals surface area contributed by atoms with E-state index in [-0.39, 0.29) is 11.9 Å². The first-order valence-electron chi connectivity index (χ1n) is 6.74. The molecule has 2 rings (SSSR count). The van der Waals surface area contributed by atoms with Crippen LogP contribution in [0.25, 0.3) is 0 Å². The lowest BCUT2D eigenvalue weighted by Gasteiger charge is -2.29. The number of hydrogen-bond acceptors (Lipinski definition) is 2. The summed E-state index contributed by atoms with van der Waals surface area (Å²) in [6.45, 7) is 6.74. The molecule has 2 nitrogen and oxygen atoms in total. The molecule has 0 aliphatic carbocycles. The molecule has 0 saturated carbocycles. The highest BCUT2D eigenvalue weighted by Gasteiger charge is 2.17. The van der Waals surface area contributed by atoms with Gasteiger partial charge in [-0.15, -0.1) is 0 Å². The number of nitrogens with zero attached hydrogens (tertiary/aromatic N) is 1. The molecule has 3 heteroatoms. The molecule has 1 aliphatic rings. The zero-order chi connectivity index (χ0) is 13.1. The highest BCUT2D eigenvalue weighted by molar-refractivity contribution is 5.26. The number of aliphatic hydroxyl groups is 1. The van der Waals surface area contributed by atoms with Crippen LogP contribution < -0.4 is 0 Å². The van der Waals surface area contributed by atoms with Crippen LogP contribution in [0.15, 0.2) is 18.2 Å². The number of hydrogen-bond donors (Lipinski definition) is 1. The van der Waals surface area contributed by atoms with Gasteiger partial charge >= 0.3 is 0 Å². The molecule has 1 fully saturated rings. The van der Waals surface area contributed by atoms with E-state index >= 15 is 0 Å². The summed E-state index contributed by atoms with van der Waals surface area (Å²) in [6.07, 6.45) is 1.50. The Morgan fingerprint density at radius 3 is 2.56 bits per heavy atom. The van der Waals surface area contributed by atoms with Gasteiger partial charge in [-0.05, 0) is 42.0 Å². The molecule has 0 atom stereocenters. The topological polar surface area (TPSA) is 23.5 Å². The molecule has 1 heterocycles. The summed E-state index contributed by atoms with van der Waals surface area (Å²) in [5.41, 5.74) is 2.09. The van der Waals surface area contributed by atoms with Crippen LogP contribution in [0.5, 0.6) is 0 Å². The number of aliphatic hydroxyl groups excluding tert-OH is 1. The van der Waals surface area contributed by atoms with E-state index in [1.165, 1.54) is 0 Å². The van der Waals surface area contributed by atoms with Gasteiger partial charge in [-0.25, -0.2) is 4.39 Å². The lowest BCUT2D eigenvalue weighted by atomic mass is 10.00. The fourth-order valence-electron chi connectivity index (χ4n) is 2.44. The Bertz CT molecular complexity index is 397. The van der Waals surface area contributed by atoms with Crippen LogP contribution in [-0.4, -0.2) is 29.2 Å². The van der Waals surface area contributed by atoms with E-state index in [1.807, 2.05) is 0 Å². The predicted molar refractivity (Wildman–Crippen MR) is 71.0 cm³/mol. The Kier molecular flexibility index (Phi) is 4.36. The smallest absolute Gasteiger partial charge is 0.123 e. The number of benzene rings is 1. The Balaban J connectivity index is 2.04. The molecule has 100 valence electrons. The summed E-state index contributed by atoms with van der Waals surface area (Å²) in [4.78, 5) is 2.28. The average Bonchev–Trinajstić information content (AvgIpc) is 2.31. The molecular formula is C15H22FNO. The summed E-state index contributed by atoms with van der Waals surface area (Å²) in [5.74, 6) is 0.205. The zero-order valence-corrected chi connectivity index (χ0v) is 11.2. The Morgan fingerprint density at radius 2 is 1.94 bits per heavy atom. The van der Waals surface area contributed by atoms with Gasteiger partial charge in [-0.1, -0.05) is 19.9 Å². The normalized spacial score (nSPS) is 18.5. The molecular weight excluding hydrogens is 229 g/mol. The first kappa shape index (κ1) is 13.5. The van der Waals surface area contributed by atoms with Crippen LogP contribution in [0.4, 0.5) is 4.39 Å². The first-order chi connectivity index (χ1) is 8.54. The Morgan fingerprint density at radius 1 is 1.28 bits per heavy atom. The van der Waals surface area contributed by atoms with Crippen molar-refractivity contribution in [1.29, 1.82) is 0 Å². The summed E-state index contributed by atoms with van der Waals surface area (Å²) in [6, 6.07) is 5.34. The van der Waals surface area contributed by atoms with Crippen LogP contribution in [-0.2, 0) is 6.54 Å². The third-order valence-corrected chi connectivity index (χ3v) is 3.61. The standard InChI is InChI=1S/C15H22FNO/c1-11(2)13-7-12(8-14(16)9-13)10-17-5-3-15(18)4-6-17/h7-9,11,15,18H,3-6,10H2,1-2H3. The van der Waals surface area contributed by atoms with Gasteiger partial charge < -0.3 is 5.11 Å². The van der Waals surface area contributed by atoms with Crippen LogP contribution in [0.3, 0.4) is 0 Å². The van der Waals surface area contributed by atoms with Crippen molar-refractivity contribution in [3.63, 3.8) is 0 Å². The number of likely N-dealkylation sites (tertiary alicyclic amines) is 1. The summed E-state index contributed by atoms with van der Waals surface area (Å²) in [5, 5.41) is 9.47. The van der Waals surface area contributed by atoms with Crippen molar-refractivity contribution >= 4 is 0 Å². The summed E-state index contributed by atoms with van der Waals surface area (Å²) >= 11 is 0. The maximum absolute atomic E-state index is 13.5. The van der Waals surface area contributed by atoms with Gasteiger partial charge in [-0.3, -0.25) is 4.90 Å². The highest BCUT2D eigenvalue weighted by atomic mass is 19.1. The van der Waals surface area contributed by atoms with E-state index < -0.39 is 0 Å². The minimum Gasteiger partial charge on any atom is -0.393 e. The first-order valence-corrected chi connectivity index (χ1v) is 6.74. The van der Waals surface area contributed by atoms with Gasteiger partial charge in [0.05, 0.1) is 6.10 Å². The van der Waals surface area contributed by atoms with Crippen molar-refractivity contribution in [2.45, 2.75) is 45.3 Å². The van der Waals surface area contributed by atoms with Crippen molar-refractivity contribution < 1.29 is 9.50 Å². The molecule has 18 heavy (non-hydrogen) atoms. The van der Waals surface area contributed by atoms with E-state index in [9.17, 15) is 9.50 Å². The second-order valence-electron chi connectivity index (χ2n) is 5.55. The van der Waals surface area contributed by atoms with Crippen LogP contribution >= 0.6 is 0 Å². The van der Waals surface area contributed by atoms with E-state index in [4.69, 9.17) is 0 Å². The van der Waals surface area contributed by atoms with Gasteiger partial charge in [0.2, 0.25) is 0 Å². The lowest BCUT2D eigenvalue weighted by Crippen LogP contribution is -2.35. The third kappa shape index (κ3) is 3.53. The third-order valence-electron chi connectivity index (χ3n) is 3.61. The van der Waals surface area contributed by atoms with Crippen LogP contribution in [0, 0.1) is 5.82 Å². The van der Waals surface area contributed by atoms with E-state index in [1.54, 1.807) is 12.1 Å². The van der Waals surface area contributed by atoms with Crippen molar-refractivity contribution in [2.24, 2.45) is 0 Å². The molecule has 0 amide bonds.